The fourth-order valence-electron chi connectivity index (χ4n) is 1.34. The SMILES string of the molecule is O=C(OOC(=O)c1ccc(O)cc1)c1ccccc1. The van der Waals surface area contributed by atoms with Crippen LogP contribution >= 0.6 is 0 Å². The first-order chi connectivity index (χ1) is 9.16. The normalized spacial score (nSPS) is 9.68. The fourth-order valence-corrected chi connectivity index (χ4v) is 1.34. The Hall–Kier alpha value is -2.82. The molecular weight excluding hydrogens is 248 g/mol. The molecule has 0 aliphatic carbocycles. The lowest BCUT2D eigenvalue weighted by Crippen LogP contribution is -2.11. The molecule has 2 aromatic carbocycles. The second kappa shape index (κ2) is 5.68. The molecule has 0 atom stereocenters. The van der Waals surface area contributed by atoms with E-state index in [0.717, 1.165) is 0 Å². The van der Waals surface area contributed by atoms with Gasteiger partial charge in [0, 0.05) is 0 Å². The van der Waals surface area contributed by atoms with Crippen LogP contribution in [-0.4, -0.2) is 17.0 Å². The fraction of sp³-hybridized carbons (Fsp3) is 0. The number of phenolic OH excluding ortho intramolecular Hbond substituents is 1. The molecule has 0 spiro atoms. The van der Waals surface area contributed by atoms with Crippen molar-refractivity contribution in [3.05, 3.63) is 65.7 Å². The summed E-state index contributed by atoms with van der Waals surface area (Å²) in [5.74, 6) is -1.55. The molecule has 0 unspecified atom stereocenters. The largest absolute Gasteiger partial charge is 0.508 e. The van der Waals surface area contributed by atoms with E-state index in [1.807, 2.05) is 0 Å². The predicted molar refractivity (Wildman–Crippen MR) is 65.4 cm³/mol. The van der Waals surface area contributed by atoms with Crippen molar-refractivity contribution in [3.8, 4) is 5.75 Å². The molecule has 0 fully saturated rings. The van der Waals surface area contributed by atoms with Crippen LogP contribution in [0.1, 0.15) is 20.7 Å². The molecule has 0 heterocycles. The summed E-state index contributed by atoms with van der Waals surface area (Å²) in [6, 6.07) is 13.5. The van der Waals surface area contributed by atoms with E-state index in [0.29, 0.717) is 0 Å². The van der Waals surface area contributed by atoms with Gasteiger partial charge in [0.1, 0.15) is 5.75 Å². The van der Waals surface area contributed by atoms with Crippen LogP contribution < -0.4 is 0 Å². The molecule has 0 saturated heterocycles. The Bertz CT molecular complexity index is 575. The highest BCUT2D eigenvalue weighted by atomic mass is 17.2. The number of aromatic hydroxyl groups is 1. The number of carbonyl (C=O) groups is 2. The standard InChI is InChI=1S/C14H10O5/c15-12-8-6-11(7-9-12)14(17)19-18-13(16)10-4-2-1-3-5-10/h1-9,15H. The van der Waals surface area contributed by atoms with Crippen LogP contribution in [0.2, 0.25) is 0 Å². The number of hydrogen-bond donors (Lipinski definition) is 1. The maximum absolute atomic E-state index is 11.5. The average Bonchev–Trinajstić information content (AvgIpc) is 2.46. The van der Waals surface area contributed by atoms with Crippen molar-refractivity contribution in [1.29, 1.82) is 0 Å². The summed E-state index contributed by atoms with van der Waals surface area (Å²) in [7, 11) is 0. The van der Waals surface area contributed by atoms with Gasteiger partial charge in [0.2, 0.25) is 0 Å². The molecule has 5 nitrogen and oxygen atoms in total. The zero-order chi connectivity index (χ0) is 13.7. The predicted octanol–water partition coefficient (Wildman–Crippen LogP) is 2.32. The topological polar surface area (TPSA) is 72.8 Å². The summed E-state index contributed by atoms with van der Waals surface area (Å²) in [5, 5.41) is 9.07. The number of carbonyl (C=O) groups excluding carboxylic acids is 2. The highest BCUT2D eigenvalue weighted by molar-refractivity contribution is 5.92. The maximum Gasteiger partial charge on any atom is 0.386 e. The molecule has 0 bridgehead atoms. The molecular formula is C14H10O5. The molecule has 2 rings (SSSR count). The van der Waals surface area contributed by atoms with Crippen molar-refractivity contribution in [2.75, 3.05) is 0 Å². The Morgan fingerprint density at radius 2 is 1.21 bits per heavy atom. The minimum absolute atomic E-state index is 0.0258. The maximum atomic E-state index is 11.5. The Morgan fingerprint density at radius 1 is 0.737 bits per heavy atom. The van der Waals surface area contributed by atoms with Crippen LogP contribution in [-0.2, 0) is 9.78 Å². The summed E-state index contributed by atoms with van der Waals surface area (Å²) in [4.78, 5) is 31.8. The summed E-state index contributed by atoms with van der Waals surface area (Å²) in [6.45, 7) is 0. The van der Waals surface area contributed by atoms with Crippen LogP contribution in [0.3, 0.4) is 0 Å². The van der Waals surface area contributed by atoms with E-state index in [1.165, 1.54) is 36.4 Å². The molecule has 1 N–H and O–H groups in total. The van der Waals surface area contributed by atoms with Crippen molar-refractivity contribution < 1.29 is 24.5 Å². The molecule has 0 aliphatic heterocycles. The first kappa shape index (κ1) is 12.6. The van der Waals surface area contributed by atoms with Crippen LogP contribution in [0, 0.1) is 0 Å². The Kier molecular flexibility index (Phi) is 3.78. The molecule has 19 heavy (non-hydrogen) atoms. The van der Waals surface area contributed by atoms with Gasteiger partial charge in [-0.15, -0.1) is 0 Å². The Labute approximate surface area is 108 Å². The summed E-state index contributed by atoms with van der Waals surface area (Å²) < 4.78 is 0. The molecule has 5 heteroatoms. The van der Waals surface area contributed by atoms with E-state index in [-0.39, 0.29) is 16.9 Å². The summed E-state index contributed by atoms with van der Waals surface area (Å²) in [6.07, 6.45) is 0. The minimum atomic E-state index is -0.815. The highest BCUT2D eigenvalue weighted by Gasteiger charge is 2.13. The van der Waals surface area contributed by atoms with Crippen molar-refractivity contribution >= 4 is 11.9 Å². The quantitative estimate of drug-likeness (QED) is 0.661. The molecule has 0 amide bonds. The lowest BCUT2D eigenvalue weighted by molar-refractivity contribution is -0.187. The van der Waals surface area contributed by atoms with Gasteiger partial charge in [0.15, 0.2) is 0 Å². The highest BCUT2D eigenvalue weighted by Crippen LogP contribution is 2.11. The zero-order valence-electron chi connectivity index (χ0n) is 9.78. The first-order valence-electron chi connectivity index (χ1n) is 5.44. The van der Waals surface area contributed by atoms with Crippen LogP contribution in [0.5, 0.6) is 5.75 Å². The van der Waals surface area contributed by atoms with E-state index < -0.39 is 11.9 Å². The van der Waals surface area contributed by atoms with Gasteiger partial charge in [-0.3, -0.25) is 0 Å². The lowest BCUT2D eigenvalue weighted by Gasteiger charge is -2.03. The van der Waals surface area contributed by atoms with Crippen LogP contribution in [0.15, 0.2) is 54.6 Å². The van der Waals surface area contributed by atoms with Crippen LogP contribution in [0.25, 0.3) is 0 Å². The van der Waals surface area contributed by atoms with Crippen molar-refractivity contribution in [1.82, 2.24) is 0 Å². The number of phenols is 1. The number of hydrogen-bond acceptors (Lipinski definition) is 5. The molecule has 0 saturated carbocycles. The van der Waals surface area contributed by atoms with Gasteiger partial charge in [0.25, 0.3) is 0 Å². The second-order valence-corrected chi connectivity index (χ2v) is 3.65. The smallest absolute Gasteiger partial charge is 0.386 e. The van der Waals surface area contributed by atoms with Gasteiger partial charge in [-0.05, 0) is 36.4 Å². The van der Waals surface area contributed by atoms with Crippen molar-refractivity contribution in [3.63, 3.8) is 0 Å². The van der Waals surface area contributed by atoms with E-state index in [1.54, 1.807) is 18.2 Å². The zero-order valence-corrected chi connectivity index (χ0v) is 9.78. The van der Waals surface area contributed by atoms with E-state index in [2.05, 4.69) is 9.78 Å². The molecule has 0 radical (unpaired) electrons. The third-order valence-electron chi connectivity index (χ3n) is 2.31. The Morgan fingerprint density at radius 3 is 1.74 bits per heavy atom. The van der Waals surface area contributed by atoms with Gasteiger partial charge in [-0.2, -0.15) is 0 Å². The minimum Gasteiger partial charge on any atom is -0.508 e. The number of benzene rings is 2. The first-order valence-corrected chi connectivity index (χ1v) is 5.44. The molecule has 2 aromatic rings. The third-order valence-corrected chi connectivity index (χ3v) is 2.31. The monoisotopic (exact) mass is 258 g/mol. The van der Waals surface area contributed by atoms with Gasteiger partial charge in [-0.1, -0.05) is 18.2 Å². The van der Waals surface area contributed by atoms with E-state index in [4.69, 9.17) is 5.11 Å². The van der Waals surface area contributed by atoms with Gasteiger partial charge in [-0.25, -0.2) is 19.4 Å². The molecule has 0 aromatic heterocycles. The van der Waals surface area contributed by atoms with E-state index in [9.17, 15) is 9.59 Å². The van der Waals surface area contributed by atoms with E-state index >= 15 is 0 Å². The molecule has 0 aliphatic rings. The molecule has 96 valence electrons. The van der Waals surface area contributed by atoms with Crippen LogP contribution in [0.4, 0.5) is 0 Å². The summed E-state index contributed by atoms with van der Waals surface area (Å²) >= 11 is 0. The second-order valence-electron chi connectivity index (χ2n) is 3.65. The van der Waals surface area contributed by atoms with Gasteiger partial charge < -0.3 is 5.11 Å². The Balaban J connectivity index is 1.94. The van der Waals surface area contributed by atoms with Crippen molar-refractivity contribution in [2.24, 2.45) is 0 Å². The van der Waals surface area contributed by atoms with Gasteiger partial charge >= 0.3 is 11.9 Å². The summed E-state index contributed by atoms with van der Waals surface area (Å²) in [5.41, 5.74) is 0.444. The van der Waals surface area contributed by atoms with Gasteiger partial charge in [0.05, 0.1) is 11.1 Å². The third kappa shape index (κ3) is 3.32. The lowest BCUT2D eigenvalue weighted by atomic mass is 10.2. The average molecular weight is 258 g/mol. The number of rotatable bonds is 2. The van der Waals surface area contributed by atoms with Crippen molar-refractivity contribution in [2.45, 2.75) is 0 Å².